The van der Waals surface area contributed by atoms with Crippen LogP contribution >= 0.6 is 0 Å². The summed E-state index contributed by atoms with van der Waals surface area (Å²) in [5.41, 5.74) is 2.26. The molecule has 2 heteroatoms. The molecule has 0 aliphatic rings. The second-order valence-electron chi connectivity index (χ2n) is 6.49. The monoisotopic (exact) mass is 330 g/mol. The normalized spacial score (nSPS) is 11.5. The molecule has 24 heavy (non-hydrogen) atoms. The Morgan fingerprint density at radius 2 is 1.42 bits per heavy atom. The first-order chi connectivity index (χ1) is 11.8. The molecule has 2 nitrogen and oxygen atoms in total. The Morgan fingerprint density at radius 1 is 0.875 bits per heavy atom. The van der Waals surface area contributed by atoms with Gasteiger partial charge < -0.3 is 4.74 Å². The van der Waals surface area contributed by atoms with Crippen LogP contribution in [0, 0.1) is 0 Å². The Bertz CT molecular complexity index is 459. The summed E-state index contributed by atoms with van der Waals surface area (Å²) in [5.74, 6) is 0.850. The summed E-state index contributed by atoms with van der Waals surface area (Å²) in [4.78, 5) is 10.9. The van der Waals surface area contributed by atoms with Crippen molar-refractivity contribution >= 4 is 11.9 Å². The molecule has 0 saturated carbocycles. The van der Waals surface area contributed by atoms with Crippen LogP contribution in [0.25, 0.3) is 5.57 Å². The van der Waals surface area contributed by atoms with E-state index in [0.717, 1.165) is 36.0 Å². The molecule has 1 rings (SSSR count). The van der Waals surface area contributed by atoms with Crippen molar-refractivity contribution in [3.05, 3.63) is 35.9 Å². The van der Waals surface area contributed by atoms with Gasteiger partial charge in [-0.05, 0) is 42.2 Å². The van der Waals surface area contributed by atoms with Crippen molar-refractivity contribution in [2.24, 2.45) is 0 Å². The highest BCUT2D eigenvalue weighted by Crippen LogP contribution is 2.23. The van der Waals surface area contributed by atoms with Crippen LogP contribution in [0.1, 0.15) is 83.1 Å². The Balaban J connectivity index is 2.20. The highest BCUT2D eigenvalue weighted by atomic mass is 16.5. The van der Waals surface area contributed by atoms with Gasteiger partial charge in [-0.3, -0.25) is 4.79 Å². The second-order valence-corrected chi connectivity index (χ2v) is 6.49. The summed E-state index contributed by atoms with van der Waals surface area (Å²) in [7, 11) is 1.67. The van der Waals surface area contributed by atoms with Crippen LogP contribution in [0.15, 0.2) is 30.3 Å². The lowest BCUT2D eigenvalue weighted by molar-refractivity contribution is -0.104. The third-order valence-electron chi connectivity index (χ3n) is 4.53. The molecular formula is C22H34O2. The molecular weight excluding hydrogens is 296 g/mol. The van der Waals surface area contributed by atoms with E-state index in [-0.39, 0.29) is 0 Å². The van der Waals surface area contributed by atoms with Crippen molar-refractivity contribution in [2.75, 3.05) is 7.11 Å². The quantitative estimate of drug-likeness (QED) is 0.218. The Labute approximate surface area is 148 Å². The highest BCUT2D eigenvalue weighted by Gasteiger charge is 2.02. The number of hydrogen-bond donors (Lipinski definition) is 0. The topological polar surface area (TPSA) is 26.3 Å². The van der Waals surface area contributed by atoms with Gasteiger partial charge in [-0.15, -0.1) is 0 Å². The molecule has 1 aromatic rings. The molecule has 134 valence electrons. The van der Waals surface area contributed by atoms with Gasteiger partial charge in [0, 0.05) is 0 Å². The van der Waals surface area contributed by atoms with E-state index in [2.05, 4.69) is 6.92 Å². The van der Waals surface area contributed by atoms with Crippen molar-refractivity contribution < 1.29 is 9.53 Å². The number of allylic oxidation sites excluding steroid dienone is 2. The van der Waals surface area contributed by atoms with Crippen molar-refractivity contribution in [3.63, 3.8) is 0 Å². The molecule has 0 fully saturated rings. The molecule has 0 unspecified atom stereocenters. The smallest absolute Gasteiger partial charge is 0.143 e. The lowest BCUT2D eigenvalue weighted by Gasteiger charge is -2.08. The van der Waals surface area contributed by atoms with Gasteiger partial charge in [0.1, 0.15) is 12.0 Å². The van der Waals surface area contributed by atoms with E-state index in [1.165, 1.54) is 57.8 Å². The lowest BCUT2D eigenvalue weighted by atomic mass is 9.98. The van der Waals surface area contributed by atoms with Crippen molar-refractivity contribution in [1.82, 2.24) is 0 Å². The minimum atomic E-state index is 0.850. The van der Waals surface area contributed by atoms with Gasteiger partial charge in [0.25, 0.3) is 0 Å². The number of carbonyl (C=O) groups is 1. The van der Waals surface area contributed by atoms with E-state index in [0.29, 0.717) is 0 Å². The van der Waals surface area contributed by atoms with Crippen LogP contribution < -0.4 is 4.74 Å². The summed E-state index contributed by atoms with van der Waals surface area (Å²) in [6.07, 6.45) is 16.9. The van der Waals surface area contributed by atoms with Crippen molar-refractivity contribution in [3.8, 4) is 5.75 Å². The van der Waals surface area contributed by atoms with Gasteiger partial charge in [0.05, 0.1) is 7.11 Å². The number of methoxy groups -OCH3 is 1. The summed E-state index contributed by atoms with van der Waals surface area (Å²) in [6.45, 7) is 2.26. The van der Waals surface area contributed by atoms with Gasteiger partial charge >= 0.3 is 0 Å². The molecule has 0 N–H and O–H groups in total. The predicted molar refractivity (Wildman–Crippen MR) is 103 cm³/mol. The Kier molecular flexibility index (Phi) is 11.8. The summed E-state index contributed by atoms with van der Waals surface area (Å²) >= 11 is 0. The maximum Gasteiger partial charge on any atom is 0.143 e. The number of aldehydes is 1. The molecule has 0 atom stereocenters. The molecule has 0 aliphatic heterocycles. The molecule has 0 bridgehead atoms. The van der Waals surface area contributed by atoms with E-state index >= 15 is 0 Å². The van der Waals surface area contributed by atoms with Gasteiger partial charge in [-0.2, -0.15) is 0 Å². The summed E-state index contributed by atoms with van der Waals surface area (Å²) in [6, 6.07) is 7.97. The minimum Gasteiger partial charge on any atom is -0.497 e. The summed E-state index contributed by atoms with van der Waals surface area (Å²) < 4.78 is 5.19. The number of ether oxygens (including phenoxy) is 1. The van der Waals surface area contributed by atoms with E-state index in [1.54, 1.807) is 13.2 Å². The van der Waals surface area contributed by atoms with E-state index in [1.807, 2.05) is 24.3 Å². The zero-order valence-electron chi connectivity index (χ0n) is 15.6. The van der Waals surface area contributed by atoms with Gasteiger partial charge in [0.2, 0.25) is 0 Å². The summed E-state index contributed by atoms with van der Waals surface area (Å²) in [5, 5.41) is 0. The van der Waals surface area contributed by atoms with Crippen LogP contribution in [0.5, 0.6) is 5.75 Å². The van der Waals surface area contributed by atoms with Gasteiger partial charge in [0.15, 0.2) is 0 Å². The van der Waals surface area contributed by atoms with Crippen molar-refractivity contribution in [1.29, 1.82) is 0 Å². The van der Waals surface area contributed by atoms with Gasteiger partial charge in [-0.1, -0.05) is 76.8 Å². The van der Waals surface area contributed by atoms with Crippen LogP contribution in [-0.4, -0.2) is 13.4 Å². The largest absolute Gasteiger partial charge is 0.497 e. The molecule has 1 aromatic carbocycles. The first kappa shape index (κ1) is 20.5. The Hall–Kier alpha value is -1.57. The second kappa shape index (κ2) is 13.8. The zero-order chi connectivity index (χ0) is 17.5. The number of hydrogen-bond acceptors (Lipinski definition) is 2. The number of rotatable bonds is 14. The first-order valence-electron chi connectivity index (χ1n) is 9.60. The Morgan fingerprint density at radius 3 is 1.92 bits per heavy atom. The lowest BCUT2D eigenvalue weighted by Crippen LogP contribution is -1.89. The minimum absolute atomic E-state index is 0.850. The zero-order valence-corrected chi connectivity index (χ0v) is 15.6. The molecule has 0 radical (unpaired) electrons. The maximum absolute atomic E-state index is 10.9. The fourth-order valence-corrected chi connectivity index (χ4v) is 3.01. The molecule has 0 heterocycles. The third-order valence-corrected chi connectivity index (χ3v) is 4.53. The molecule has 0 saturated heterocycles. The van der Waals surface area contributed by atoms with E-state index in [4.69, 9.17) is 4.74 Å². The number of carbonyl (C=O) groups excluding carboxylic acids is 1. The average Bonchev–Trinajstić information content (AvgIpc) is 2.62. The van der Waals surface area contributed by atoms with E-state index in [9.17, 15) is 4.79 Å². The van der Waals surface area contributed by atoms with Crippen molar-refractivity contribution in [2.45, 2.75) is 77.6 Å². The fraction of sp³-hybridized carbons (Fsp3) is 0.591. The van der Waals surface area contributed by atoms with Gasteiger partial charge in [-0.25, -0.2) is 0 Å². The molecule has 0 amide bonds. The highest BCUT2D eigenvalue weighted by molar-refractivity contribution is 5.81. The van der Waals surface area contributed by atoms with Crippen LogP contribution in [0.3, 0.4) is 0 Å². The predicted octanol–water partition coefficient (Wildman–Crippen LogP) is 6.59. The first-order valence-corrected chi connectivity index (χ1v) is 9.60. The third kappa shape index (κ3) is 8.90. The molecule has 0 aromatic heterocycles. The molecule has 0 aliphatic carbocycles. The van der Waals surface area contributed by atoms with Crippen LogP contribution in [0.2, 0.25) is 0 Å². The average molecular weight is 331 g/mol. The number of unbranched alkanes of at least 4 members (excludes halogenated alkanes) is 9. The maximum atomic E-state index is 10.9. The SMILES string of the molecule is CCCCCCCCCCCC/C(=C\C=O)c1ccc(OC)cc1. The molecule has 0 spiro atoms. The fourth-order valence-electron chi connectivity index (χ4n) is 3.01. The van der Waals surface area contributed by atoms with Crippen LogP contribution in [0.4, 0.5) is 0 Å². The van der Waals surface area contributed by atoms with Crippen LogP contribution in [-0.2, 0) is 4.79 Å². The standard InChI is InChI=1S/C22H34O2/c1-3-4-5-6-7-8-9-10-11-12-13-20(18-19-23)21-14-16-22(24-2)17-15-21/h14-19H,3-13H2,1-2H3/b20-18+. The number of benzene rings is 1. The van der Waals surface area contributed by atoms with E-state index < -0.39 is 0 Å².